The average Bonchev–Trinajstić information content (AvgIpc) is 3.08. The van der Waals surface area contributed by atoms with Crippen molar-refractivity contribution in [3.63, 3.8) is 0 Å². The fourth-order valence-electron chi connectivity index (χ4n) is 3.31. The lowest BCUT2D eigenvalue weighted by atomic mass is 9.95. The zero-order valence-corrected chi connectivity index (χ0v) is 13.5. The number of piperidine rings is 1. The van der Waals surface area contributed by atoms with E-state index < -0.39 is 0 Å². The molecule has 0 radical (unpaired) electrons. The first kappa shape index (κ1) is 15.8. The summed E-state index contributed by atoms with van der Waals surface area (Å²) in [6.07, 6.45) is 3.44. The molecular formula is C17H23ClN2O2. The number of hydrogen-bond donors (Lipinski definition) is 1. The molecule has 1 aromatic carbocycles. The van der Waals surface area contributed by atoms with Crippen LogP contribution in [0.4, 0.5) is 0 Å². The van der Waals surface area contributed by atoms with Crippen LogP contribution in [-0.2, 0) is 4.74 Å². The number of hydrogen-bond acceptors (Lipinski definition) is 3. The van der Waals surface area contributed by atoms with E-state index in [9.17, 15) is 4.79 Å². The molecular weight excluding hydrogens is 300 g/mol. The molecule has 1 N–H and O–H groups in total. The quantitative estimate of drug-likeness (QED) is 0.926. The summed E-state index contributed by atoms with van der Waals surface area (Å²) in [5.74, 6) is 0.488. The van der Waals surface area contributed by atoms with Gasteiger partial charge in [0.1, 0.15) is 0 Å². The van der Waals surface area contributed by atoms with E-state index in [1.807, 2.05) is 12.1 Å². The molecule has 120 valence electrons. The molecule has 2 heterocycles. The van der Waals surface area contributed by atoms with Gasteiger partial charge in [0, 0.05) is 19.2 Å². The number of ether oxygens (including phenoxy) is 1. The Morgan fingerprint density at radius 1 is 1.27 bits per heavy atom. The van der Waals surface area contributed by atoms with Gasteiger partial charge in [0.25, 0.3) is 5.91 Å². The van der Waals surface area contributed by atoms with Crippen LogP contribution < -0.4 is 5.32 Å². The number of carbonyl (C=O) groups is 1. The fourth-order valence-corrected chi connectivity index (χ4v) is 3.53. The lowest BCUT2D eigenvalue weighted by Crippen LogP contribution is -2.44. The van der Waals surface area contributed by atoms with Crippen LogP contribution in [0.2, 0.25) is 5.02 Å². The van der Waals surface area contributed by atoms with Crippen LogP contribution in [0.15, 0.2) is 24.3 Å². The number of benzene rings is 1. The Morgan fingerprint density at radius 3 is 2.73 bits per heavy atom. The van der Waals surface area contributed by atoms with Gasteiger partial charge >= 0.3 is 0 Å². The SMILES string of the molecule is O=C(NCC1CCN([C@@H]2CCOC2)CC1)c1ccccc1Cl. The Kier molecular flexibility index (Phi) is 5.34. The van der Waals surface area contributed by atoms with E-state index in [-0.39, 0.29) is 5.91 Å². The van der Waals surface area contributed by atoms with Gasteiger partial charge in [0.2, 0.25) is 0 Å². The van der Waals surface area contributed by atoms with Gasteiger partial charge in [-0.1, -0.05) is 23.7 Å². The van der Waals surface area contributed by atoms with Gasteiger partial charge < -0.3 is 10.1 Å². The Labute approximate surface area is 136 Å². The summed E-state index contributed by atoms with van der Waals surface area (Å²) in [4.78, 5) is 14.7. The van der Waals surface area contributed by atoms with Crippen LogP contribution in [0.5, 0.6) is 0 Å². The van der Waals surface area contributed by atoms with Gasteiger partial charge in [0.15, 0.2) is 0 Å². The maximum absolute atomic E-state index is 12.2. The second-order valence-electron chi connectivity index (χ2n) is 6.19. The molecule has 0 spiro atoms. The van der Waals surface area contributed by atoms with Crippen molar-refractivity contribution in [2.24, 2.45) is 5.92 Å². The number of rotatable bonds is 4. The van der Waals surface area contributed by atoms with Crippen molar-refractivity contribution in [3.05, 3.63) is 34.9 Å². The van der Waals surface area contributed by atoms with Gasteiger partial charge in [-0.25, -0.2) is 0 Å². The first-order valence-corrected chi connectivity index (χ1v) is 8.46. The monoisotopic (exact) mass is 322 g/mol. The summed E-state index contributed by atoms with van der Waals surface area (Å²) in [5, 5.41) is 3.54. The van der Waals surface area contributed by atoms with Gasteiger partial charge in [-0.2, -0.15) is 0 Å². The minimum absolute atomic E-state index is 0.0720. The summed E-state index contributed by atoms with van der Waals surface area (Å²) in [5.41, 5.74) is 0.560. The van der Waals surface area contributed by atoms with Crippen LogP contribution in [-0.4, -0.2) is 49.7 Å². The summed E-state index contributed by atoms with van der Waals surface area (Å²) in [6.45, 7) is 4.74. The van der Waals surface area contributed by atoms with Crippen LogP contribution >= 0.6 is 11.6 Å². The van der Waals surface area contributed by atoms with Crippen molar-refractivity contribution < 1.29 is 9.53 Å². The smallest absolute Gasteiger partial charge is 0.252 e. The minimum atomic E-state index is -0.0720. The van der Waals surface area contributed by atoms with E-state index in [1.54, 1.807) is 12.1 Å². The summed E-state index contributed by atoms with van der Waals surface area (Å²) in [7, 11) is 0. The first-order valence-electron chi connectivity index (χ1n) is 8.08. The minimum Gasteiger partial charge on any atom is -0.380 e. The third-order valence-corrected chi connectivity index (χ3v) is 5.07. The second kappa shape index (κ2) is 7.44. The Bertz CT molecular complexity index is 509. The number of amides is 1. The van der Waals surface area contributed by atoms with Gasteiger partial charge in [-0.15, -0.1) is 0 Å². The molecule has 0 aliphatic carbocycles. The highest BCUT2D eigenvalue weighted by molar-refractivity contribution is 6.33. The predicted octanol–water partition coefficient (Wildman–Crippen LogP) is 2.57. The fraction of sp³-hybridized carbons (Fsp3) is 0.588. The van der Waals surface area contributed by atoms with Crippen molar-refractivity contribution in [1.82, 2.24) is 10.2 Å². The first-order chi connectivity index (χ1) is 10.7. The number of carbonyl (C=O) groups excluding carboxylic acids is 1. The molecule has 1 amide bonds. The maximum atomic E-state index is 12.2. The van der Waals surface area contributed by atoms with E-state index in [0.717, 1.165) is 52.1 Å². The number of nitrogens with zero attached hydrogens (tertiary/aromatic N) is 1. The molecule has 2 saturated heterocycles. The van der Waals surface area contributed by atoms with Crippen molar-refractivity contribution in [2.75, 3.05) is 32.8 Å². The number of likely N-dealkylation sites (tertiary alicyclic amines) is 1. The normalized spacial score (nSPS) is 23.6. The van der Waals surface area contributed by atoms with Crippen molar-refractivity contribution in [3.8, 4) is 0 Å². The molecule has 4 nitrogen and oxygen atoms in total. The van der Waals surface area contributed by atoms with E-state index in [2.05, 4.69) is 10.2 Å². The molecule has 1 atom stereocenters. The Balaban J connectivity index is 1.43. The number of halogens is 1. The standard InChI is InChI=1S/C17H23ClN2O2/c18-16-4-2-1-3-15(16)17(21)19-11-13-5-8-20(9-6-13)14-7-10-22-12-14/h1-4,13-14H,5-12H2,(H,19,21)/t14-/m1/s1. The van der Waals surface area contributed by atoms with Crippen LogP contribution in [0.1, 0.15) is 29.6 Å². The molecule has 0 saturated carbocycles. The predicted molar refractivity (Wildman–Crippen MR) is 87.3 cm³/mol. The van der Waals surface area contributed by atoms with Gasteiger partial charge in [-0.3, -0.25) is 9.69 Å². The second-order valence-corrected chi connectivity index (χ2v) is 6.59. The van der Waals surface area contributed by atoms with E-state index in [4.69, 9.17) is 16.3 Å². The zero-order valence-electron chi connectivity index (χ0n) is 12.8. The molecule has 2 fully saturated rings. The molecule has 0 bridgehead atoms. The van der Waals surface area contributed by atoms with Crippen LogP contribution in [0, 0.1) is 5.92 Å². The van der Waals surface area contributed by atoms with Gasteiger partial charge in [0.05, 0.1) is 17.2 Å². The molecule has 1 aromatic rings. The van der Waals surface area contributed by atoms with Crippen molar-refractivity contribution >= 4 is 17.5 Å². The average molecular weight is 323 g/mol. The maximum Gasteiger partial charge on any atom is 0.252 e. The third kappa shape index (κ3) is 3.80. The van der Waals surface area contributed by atoms with Crippen molar-refractivity contribution in [2.45, 2.75) is 25.3 Å². The zero-order chi connectivity index (χ0) is 15.4. The van der Waals surface area contributed by atoms with Crippen LogP contribution in [0.25, 0.3) is 0 Å². The highest BCUT2D eigenvalue weighted by Crippen LogP contribution is 2.22. The summed E-state index contributed by atoms with van der Waals surface area (Å²) < 4.78 is 5.47. The Hall–Kier alpha value is -1.10. The van der Waals surface area contributed by atoms with Crippen molar-refractivity contribution in [1.29, 1.82) is 0 Å². The highest BCUT2D eigenvalue weighted by atomic mass is 35.5. The molecule has 0 aromatic heterocycles. The van der Waals surface area contributed by atoms with Gasteiger partial charge in [-0.05, 0) is 50.4 Å². The molecule has 2 aliphatic heterocycles. The molecule has 5 heteroatoms. The lowest BCUT2D eigenvalue weighted by Gasteiger charge is -2.35. The highest BCUT2D eigenvalue weighted by Gasteiger charge is 2.27. The largest absolute Gasteiger partial charge is 0.380 e. The molecule has 0 unspecified atom stereocenters. The third-order valence-electron chi connectivity index (χ3n) is 4.74. The van der Waals surface area contributed by atoms with E-state index in [0.29, 0.717) is 22.5 Å². The molecule has 3 rings (SSSR count). The molecule has 2 aliphatic rings. The number of nitrogens with one attached hydrogen (secondary N) is 1. The van der Waals surface area contributed by atoms with Crippen LogP contribution in [0.3, 0.4) is 0 Å². The van der Waals surface area contributed by atoms with E-state index >= 15 is 0 Å². The lowest BCUT2D eigenvalue weighted by molar-refractivity contribution is 0.0911. The molecule has 22 heavy (non-hydrogen) atoms. The summed E-state index contributed by atoms with van der Waals surface area (Å²) >= 11 is 6.05. The summed E-state index contributed by atoms with van der Waals surface area (Å²) in [6, 6.07) is 7.79. The topological polar surface area (TPSA) is 41.6 Å². The van der Waals surface area contributed by atoms with E-state index in [1.165, 1.54) is 0 Å². The Morgan fingerprint density at radius 2 is 2.05 bits per heavy atom.